The van der Waals surface area contributed by atoms with Crippen LogP contribution in [0.4, 0.5) is 42.6 Å². The van der Waals surface area contributed by atoms with E-state index in [4.69, 9.17) is 0 Å². The van der Waals surface area contributed by atoms with Crippen molar-refractivity contribution in [1.29, 1.82) is 0 Å². The third-order valence-corrected chi connectivity index (χ3v) is 4.72. The van der Waals surface area contributed by atoms with Gasteiger partial charge in [0.05, 0.1) is 11.1 Å². The van der Waals surface area contributed by atoms with Gasteiger partial charge in [-0.05, 0) is 18.2 Å². The Morgan fingerprint density at radius 1 is 1.00 bits per heavy atom. The van der Waals surface area contributed by atoms with Crippen molar-refractivity contribution in [2.45, 2.75) is 12.4 Å². The van der Waals surface area contributed by atoms with Gasteiger partial charge < -0.3 is 15.1 Å². The van der Waals surface area contributed by atoms with E-state index >= 15 is 0 Å². The number of nitrogens with zero attached hydrogens (tertiary/aromatic N) is 3. The van der Waals surface area contributed by atoms with E-state index in [2.05, 4.69) is 14.1 Å². The largest absolute Gasteiger partial charge is 0.416 e. The lowest BCUT2D eigenvalue weighted by Gasteiger charge is -2.34. The van der Waals surface area contributed by atoms with Crippen LogP contribution in [0.3, 0.4) is 0 Å². The summed E-state index contributed by atoms with van der Waals surface area (Å²) in [5.74, 6) is 0.197. The van der Waals surface area contributed by atoms with Gasteiger partial charge in [0.1, 0.15) is 0 Å². The smallest absolute Gasteiger partial charge is 0.348 e. The molecule has 1 aromatic carbocycles. The molecule has 0 radical (unpaired) electrons. The number of halogens is 6. The summed E-state index contributed by atoms with van der Waals surface area (Å²) in [7, 11) is 0. The van der Waals surface area contributed by atoms with Crippen molar-refractivity contribution in [3.8, 4) is 0 Å². The monoisotopic (exact) mass is 441 g/mol. The van der Waals surface area contributed by atoms with E-state index in [9.17, 15) is 35.9 Å². The average molecular weight is 441 g/mol. The minimum atomic E-state index is -5.01. The van der Waals surface area contributed by atoms with Crippen LogP contribution < -0.4 is 15.8 Å². The molecule has 14 heteroatoms. The first kappa shape index (κ1) is 21.0. The van der Waals surface area contributed by atoms with Crippen LogP contribution in [0, 0.1) is 0 Å². The molecule has 1 fully saturated rings. The van der Waals surface area contributed by atoms with Gasteiger partial charge in [0.25, 0.3) is 0 Å². The van der Waals surface area contributed by atoms with Crippen molar-refractivity contribution in [3.05, 3.63) is 39.7 Å². The Bertz CT molecular complexity index is 913. The fourth-order valence-corrected chi connectivity index (χ4v) is 3.25. The van der Waals surface area contributed by atoms with Crippen molar-refractivity contribution in [2.75, 3.05) is 36.4 Å². The number of hydrogen-bond acceptors (Lipinski definition) is 5. The molecule has 0 saturated carbocycles. The zero-order valence-corrected chi connectivity index (χ0v) is 15.2. The van der Waals surface area contributed by atoms with Crippen LogP contribution in [0.2, 0.25) is 0 Å². The first-order valence-corrected chi connectivity index (χ1v) is 8.87. The number of aromatic nitrogens is 2. The minimum absolute atomic E-state index is 0.0141. The van der Waals surface area contributed by atoms with Crippen LogP contribution >= 0.6 is 11.7 Å². The lowest BCUT2D eigenvalue weighted by Crippen LogP contribution is -2.51. The minimum Gasteiger partial charge on any atom is -0.348 e. The van der Waals surface area contributed by atoms with Gasteiger partial charge in [-0.15, -0.1) is 0 Å². The number of carbonyl (C=O) groups excluding carboxylic acids is 1. The van der Waals surface area contributed by atoms with E-state index in [-0.39, 0.29) is 43.6 Å². The standard InChI is InChI=1S/C15H13F6N5O2S/c16-14(17,18)8-5-9(15(19,20)21)7-10(6-8)22-13(28)26-3-1-25(2-4-26)11-12(27)24-29-23-11/h5-7H,1-4H2,(H,22,28)(H,24,27). The third-order valence-electron chi connectivity index (χ3n) is 4.18. The topological polar surface area (TPSA) is 81.3 Å². The predicted molar refractivity (Wildman–Crippen MR) is 92.0 cm³/mol. The number of urea groups is 1. The summed E-state index contributed by atoms with van der Waals surface area (Å²) >= 11 is 0.869. The Morgan fingerprint density at radius 3 is 2.00 bits per heavy atom. The number of rotatable bonds is 2. The molecule has 0 spiro atoms. The molecule has 1 aromatic heterocycles. The SMILES string of the molecule is O=C(Nc1cc(C(F)(F)F)cc(C(F)(F)F)c1)N1CCN(c2ns[nH]c2=O)CC1. The van der Waals surface area contributed by atoms with Crippen molar-refractivity contribution >= 4 is 29.3 Å². The second-order valence-electron chi connectivity index (χ2n) is 6.14. The summed E-state index contributed by atoms with van der Waals surface area (Å²) < 4.78 is 83.8. The fraction of sp³-hybridized carbons (Fsp3) is 0.400. The Balaban J connectivity index is 1.72. The van der Waals surface area contributed by atoms with Crippen molar-refractivity contribution in [3.63, 3.8) is 0 Å². The van der Waals surface area contributed by atoms with Crippen LogP contribution in [-0.4, -0.2) is 45.9 Å². The highest BCUT2D eigenvalue weighted by molar-refractivity contribution is 6.99. The normalized spacial score (nSPS) is 15.5. The molecule has 1 aliphatic heterocycles. The second-order valence-corrected chi connectivity index (χ2v) is 6.71. The van der Waals surface area contributed by atoms with E-state index < -0.39 is 35.2 Å². The van der Waals surface area contributed by atoms with Crippen molar-refractivity contribution < 1.29 is 31.1 Å². The van der Waals surface area contributed by atoms with E-state index in [0.29, 0.717) is 12.1 Å². The lowest BCUT2D eigenvalue weighted by molar-refractivity contribution is -0.143. The van der Waals surface area contributed by atoms with Crippen LogP contribution in [0.1, 0.15) is 11.1 Å². The molecule has 2 amide bonds. The highest BCUT2D eigenvalue weighted by atomic mass is 32.1. The van der Waals surface area contributed by atoms with Gasteiger partial charge in [0.2, 0.25) is 5.82 Å². The van der Waals surface area contributed by atoms with Gasteiger partial charge in [-0.1, -0.05) is 0 Å². The van der Waals surface area contributed by atoms with Crippen LogP contribution in [0.15, 0.2) is 23.0 Å². The molecule has 29 heavy (non-hydrogen) atoms. The molecule has 2 aromatic rings. The fourth-order valence-electron chi connectivity index (χ4n) is 2.75. The summed E-state index contributed by atoms with van der Waals surface area (Å²) in [5, 5.41) is 2.08. The summed E-state index contributed by atoms with van der Waals surface area (Å²) in [4.78, 5) is 26.7. The number of carbonyl (C=O) groups is 1. The number of nitrogens with one attached hydrogen (secondary N) is 2. The Kier molecular flexibility index (Phi) is 5.47. The van der Waals surface area contributed by atoms with Crippen LogP contribution in [0.5, 0.6) is 0 Å². The summed E-state index contributed by atoms with van der Waals surface area (Å²) in [6.45, 7) is 0.676. The lowest BCUT2D eigenvalue weighted by atomic mass is 10.1. The number of piperazine rings is 1. The van der Waals surface area contributed by atoms with Crippen LogP contribution in [0.25, 0.3) is 0 Å². The molecule has 0 aliphatic carbocycles. The number of benzene rings is 1. The Hall–Kier alpha value is -2.77. The molecule has 158 valence electrons. The Labute approximate surface area is 163 Å². The number of hydrogen-bond donors (Lipinski definition) is 2. The predicted octanol–water partition coefficient (Wildman–Crippen LogP) is 3.22. The molecular formula is C15H13F6N5O2S. The van der Waals surface area contributed by atoms with Gasteiger partial charge in [0, 0.05) is 43.6 Å². The number of alkyl halides is 6. The zero-order valence-electron chi connectivity index (χ0n) is 14.4. The number of anilines is 2. The second kappa shape index (κ2) is 7.57. The molecule has 1 aliphatic rings. The molecule has 0 atom stereocenters. The summed E-state index contributed by atoms with van der Waals surface area (Å²) in [6.07, 6.45) is -10.0. The first-order valence-electron chi connectivity index (χ1n) is 8.10. The molecule has 3 rings (SSSR count). The number of amides is 2. The quantitative estimate of drug-likeness (QED) is 0.702. The molecule has 2 N–H and O–H groups in total. The zero-order chi connectivity index (χ0) is 21.4. The molecule has 2 heterocycles. The number of aromatic amines is 1. The average Bonchev–Trinajstić information content (AvgIpc) is 3.06. The summed E-state index contributed by atoms with van der Waals surface area (Å²) in [5.41, 5.74) is -4.03. The maximum absolute atomic E-state index is 12.9. The van der Waals surface area contributed by atoms with Crippen LogP contribution in [-0.2, 0) is 12.4 Å². The number of H-pyrrole nitrogens is 1. The van der Waals surface area contributed by atoms with Gasteiger partial charge in [-0.3, -0.25) is 9.17 Å². The highest BCUT2D eigenvalue weighted by Gasteiger charge is 2.37. The molecular weight excluding hydrogens is 428 g/mol. The Morgan fingerprint density at radius 2 is 1.55 bits per heavy atom. The van der Waals surface area contributed by atoms with E-state index in [0.717, 1.165) is 11.7 Å². The molecule has 7 nitrogen and oxygen atoms in total. The molecule has 0 bridgehead atoms. The first-order chi connectivity index (χ1) is 13.4. The third kappa shape index (κ3) is 4.81. The van der Waals surface area contributed by atoms with Gasteiger partial charge >= 0.3 is 23.9 Å². The van der Waals surface area contributed by atoms with Crippen molar-refractivity contribution in [2.24, 2.45) is 0 Å². The molecule has 0 unspecified atom stereocenters. The maximum atomic E-state index is 12.9. The summed E-state index contributed by atoms with van der Waals surface area (Å²) in [6, 6.07) is 0.0280. The van der Waals surface area contributed by atoms with E-state index in [1.165, 1.54) is 4.90 Å². The van der Waals surface area contributed by atoms with E-state index in [1.807, 2.05) is 0 Å². The van der Waals surface area contributed by atoms with Gasteiger partial charge in [0.15, 0.2) is 0 Å². The van der Waals surface area contributed by atoms with Gasteiger partial charge in [-0.2, -0.15) is 30.7 Å². The van der Waals surface area contributed by atoms with E-state index in [1.54, 1.807) is 4.90 Å². The molecule has 1 saturated heterocycles. The maximum Gasteiger partial charge on any atom is 0.416 e. The highest BCUT2D eigenvalue weighted by Crippen LogP contribution is 2.37. The van der Waals surface area contributed by atoms with Crippen molar-refractivity contribution in [1.82, 2.24) is 13.6 Å². The van der Waals surface area contributed by atoms with Gasteiger partial charge in [-0.25, -0.2) is 4.79 Å².